The number of rotatable bonds is 2. The predicted octanol–water partition coefficient (Wildman–Crippen LogP) is -0.764. The first-order valence-corrected chi connectivity index (χ1v) is 3.90. The Labute approximate surface area is 72.1 Å². The summed E-state index contributed by atoms with van der Waals surface area (Å²) in [5.41, 5.74) is 5.59. The van der Waals surface area contributed by atoms with Gasteiger partial charge in [-0.25, -0.2) is 0 Å². The summed E-state index contributed by atoms with van der Waals surface area (Å²) < 4.78 is 5.39. The van der Waals surface area contributed by atoms with Crippen molar-refractivity contribution in [1.82, 2.24) is 4.90 Å². The van der Waals surface area contributed by atoms with Gasteiger partial charge in [0.1, 0.15) is 13.2 Å². The fraction of sp³-hybridized carbons (Fsp3) is 0.857. The number of morpholine rings is 1. The number of amidine groups is 1. The Morgan fingerprint density at radius 1 is 1.75 bits per heavy atom. The Morgan fingerprint density at radius 3 is 3.08 bits per heavy atom. The molecular weight excluding hydrogens is 158 g/mol. The molecule has 70 valence electrons. The van der Waals surface area contributed by atoms with Gasteiger partial charge in [-0.15, -0.1) is 0 Å². The molecule has 5 heteroatoms. The van der Waals surface area contributed by atoms with Gasteiger partial charge in [0.25, 0.3) is 0 Å². The molecule has 0 amide bonds. The van der Waals surface area contributed by atoms with Gasteiger partial charge >= 0.3 is 0 Å². The lowest BCUT2D eigenvalue weighted by Crippen LogP contribution is -2.46. The summed E-state index contributed by atoms with van der Waals surface area (Å²) in [6.45, 7) is 2.41. The van der Waals surface area contributed by atoms with Gasteiger partial charge in [-0.3, -0.25) is 0 Å². The standard InChI is InChI=1S/C7H15N3O2/c1-10-3-4-12-6(5-10)7(8)9-11-2/h6H,3-5H2,1-2H3,(H2,8,9). The highest BCUT2D eigenvalue weighted by Crippen LogP contribution is 2.02. The van der Waals surface area contributed by atoms with E-state index in [1.165, 1.54) is 7.11 Å². The minimum atomic E-state index is -0.122. The molecule has 0 saturated carbocycles. The smallest absolute Gasteiger partial charge is 0.169 e. The third-order valence-electron chi connectivity index (χ3n) is 1.80. The topological polar surface area (TPSA) is 60.1 Å². The van der Waals surface area contributed by atoms with E-state index in [0.29, 0.717) is 12.4 Å². The zero-order valence-electron chi connectivity index (χ0n) is 7.49. The second kappa shape index (κ2) is 4.27. The zero-order valence-corrected chi connectivity index (χ0v) is 7.49. The Morgan fingerprint density at radius 2 is 2.50 bits per heavy atom. The number of nitrogens with zero attached hydrogens (tertiary/aromatic N) is 2. The van der Waals surface area contributed by atoms with Crippen LogP contribution in [0.2, 0.25) is 0 Å². The van der Waals surface area contributed by atoms with Crippen LogP contribution in [0.5, 0.6) is 0 Å². The SMILES string of the molecule is CO/N=C(\N)C1CN(C)CCO1. The molecular formula is C7H15N3O2. The molecule has 0 aromatic carbocycles. The van der Waals surface area contributed by atoms with Crippen LogP contribution >= 0.6 is 0 Å². The maximum absolute atomic E-state index is 5.59. The van der Waals surface area contributed by atoms with Crippen molar-refractivity contribution in [2.45, 2.75) is 6.10 Å². The van der Waals surface area contributed by atoms with Crippen molar-refractivity contribution in [2.24, 2.45) is 10.9 Å². The molecule has 1 aliphatic heterocycles. The van der Waals surface area contributed by atoms with Crippen LogP contribution < -0.4 is 5.73 Å². The largest absolute Gasteiger partial charge is 0.398 e. The van der Waals surface area contributed by atoms with Crippen molar-refractivity contribution in [3.8, 4) is 0 Å². The number of likely N-dealkylation sites (N-methyl/N-ethyl adjacent to an activating group) is 1. The van der Waals surface area contributed by atoms with E-state index in [1.54, 1.807) is 0 Å². The molecule has 12 heavy (non-hydrogen) atoms. The number of hydrogen-bond acceptors (Lipinski definition) is 4. The predicted molar refractivity (Wildman–Crippen MR) is 45.9 cm³/mol. The van der Waals surface area contributed by atoms with Gasteiger partial charge < -0.3 is 20.2 Å². The van der Waals surface area contributed by atoms with E-state index in [9.17, 15) is 0 Å². The number of hydrogen-bond donors (Lipinski definition) is 1. The van der Waals surface area contributed by atoms with Gasteiger partial charge in [0.05, 0.1) is 6.61 Å². The minimum Gasteiger partial charge on any atom is -0.398 e. The molecule has 1 fully saturated rings. The molecule has 0 aromatic heterocycles. The van der Waals surface area contributed by atoms with Crippen LogP contribution in [0.1, 0.15) is 0 Å². The molecule has 0 aliphatic carbocycles. The molecule has 1 heterocycles. The molecule has 5 nitrogen and oxygen atoms in total. The van der Waals surface area contributed by atoms with E-state index in [2.05, 4.69) is 14.9 Å². The van der Waals surface area contributed by atoms with E-state index in [1.807, 2.05) is 7.05 Å². The van der Waals surface area contributed by atoms with Gasteiger partial charge in [-0.2, -0.15) is 0 Å². The first-order valence-electron chi connectivity index (χ1n) is 3.90. The first kappa shape index (κ1) is 9.28. The van der Waals surface area contributed by atoms with Crippen LogP contribution in [0.3, 0.4) is 0 Å². The summed E-state index contributed by atoms with van der Waals surface area (Å²) in [6, 6.07) is 0. The number of oxime groups is 1. The summed E-state index contributed by atoms with van der Waals surface area (Å²) >= 11 is 0. The molecule has 1 rings (SSSR count). The van der Waals surface area contributed by atoms with Crippen molar-refractivity contribution >= 4 is 5.84 Å². The molecule has 0 aromatic rings. The second-order valence-electron chi connectivity index (χ2n) is 2.82. The average molecular weight is 173 g/mol. The van der Waals surface area contributed by atoms with Gasteiger partial charge in [0.2, 0.25) is 0 Å². The van der Waals surface area contributed by atoms with Crippen molar-refractivity contribution in [3.05, 3.63) is 0 Å². The van der Waals surface area contributed by atoms with Crippen molar-refractivity contribution in [1.29, 1.82) is 0 Å². The van der Waals surface area contributed by atoms with Crippen molar-refractivity contribution in [3.63, 3.8) is 0 Å². The third kappa shape index (κ3) is 2.35. The summed E-state index contributed by atoms with van der Waals surface area (Å²) in [6.07, 6.45) is -0.122. The monoisotopic (exact) mass is 173 g/mol. The molecule has 0 bridgehead atoms. The Kier molecular flexibility index (Phi) is 3.31. The number of ether oxygens (including phenoxy) is 1. The Hall–Kier alpha value is -0.810. The molecule has 1 unspecified atom stereocenters. The summed E-state index contributed by atoms with van der Waals surface area (Å²) in [7, 11) is 3.50. The van der Waals surface area contributed by atoms with E-state index >= 15 is 0 Å². The van der Waals surface area contributed by atoms with Crippen LogP contribution in [0.25, 0.3) is 0 Å². The molecule has 1 saturated heterocycles. The van der Waals surface area contributed by atoms with Crippen LogP contribution in [0.4, 0.5) is 0 Å². The van der Waals surface area contributed by atoms with E-state index in [-0.39, 0.29) is 6.10 Å². The van der Waals surface area contributed by atoms with Crippen LogP contribution in [-0.4, -0.2) is 50.7 Å². The zero-order chi connectivity index (χ0) is 8.97. The highest BCUT2D eigenvalue weighted by Gasteiger charge is 2.21. The highest BCUT2D eigenvalue weighted by molar-refractivity contribution is 5.84. The van der Waals surface area contributed by atoms with Crippen LogP contribution in [0, 0.1) is 0 Å². The number of nitrogens with two attached hydrogens (primary N) is 1. The van der Waals surface area contributed by atoms with E-state index in [4.69, 9.17) is 10.5 Å². The van der Waals surface area contributed by atoms with Crippen LogP contribution in [0.15, 0.2) is 5.16 Å². The van der Waals surface area contributed by atoms with Gasteiger partial charge in [0, 0.05) is 13.1 Å². The molecule has 2 N–H and O–H groups in total. The van der Waals surface area contributed by atoms with Crippen molar-refractivity contribution in [2.75, 3.05) is 33.9 Å². The quantitative estimate of drug-likeness (QED) is 0.338. The van der Waals surface area contributed by atoms with E-state index in [0.717, 1.165) is 13.1 Å². The lowest BCUT2D eigenvalue weighted by atomic mass is 10.2. The van der Waals surface area contributed by atoms with Crippen LogP contribution in [-0.2, 0) is 9.57 Å². The summed E-state index contributed by atoms with van der Waals surface area (Å²) in [5.74, 6) is 0.407. The third-order valence-corrected chi connectivity index (χ3v) is 1.80. The lowest BCUT2D eigenvalue weighted by molar-refractivity contribution is 0.0146. The molecule has 0 radical (unpaired) electrons. The molecule has 1 atom stereocenters. The maximum atomic E-state index is 5.59. The molecule has 1 aliphatic rings. The average Bonchev–Trinajstić information content (AvgIpc) is 2.05. The summed E-state index contributed by atoms with van der Waals surface area (Å²) in [5, 5.41) is 3.63. The lowest BCUT2D eigenvalue weighted by Gasteiger charge is -2.28. The Balaban J connectivity index is 2.45. The fourth-order valence-corrected chi connectivity index (χ4v) is 1.12. The van der Waals surface area contributed by atoms with E-state index < -0.39 is 0 Å². The second-order valence-corrected chi connectivity index (χ2v) is 2.82. The maximum Gasteiger partial charge on any atom is 0.169 e. The highest BCUT2D eigenvalue weighted by atomic mass is 16.6. The Bertz CT molecular complexity index is 172. The molecule has 0 spiro atoms. The fourth-order valence-electron chi connectivity index (χ4n) is 1.12. The first-order chi connectivity index (χ1) is 5.74. The van der Waals surface area contributed by atoms with Gasteiger partial charge in [0.15, 0.2) is 5.84 Å². The van der Waals surface area contributed by atoms with Gasteiger partial charge in [-0.1, -0.05) is 5.16 Å². The van der Waals surface area contributed by atoms with Gasteiger partial charge in [-0.05, 0) is 7.05 Å². The summed E-state index contributed by atoms with van der Waals surface area (Å²) in [4.78, 5) is 6.70. The van der Waals surface area contributed by atoms with Crippen molar-refractivity contribution < 1.29 is 9.57 Å². The minimum absolute atomic E-state index is 0.122. The normalized spacial score (nSPS) is 27.2.